The quantitative estimate of drug-likeness (QED) is 0.382. The van der Waals surface area contributed by atoms with E-state index < -0.39 is 25.6 Å². The molecular weight excluding hydrogens is 378 g/mol. The topological polar surface area (TPSA) is 133 Å². The molecule has 0 aromatic heterocycles. The first-order valence-electron chi connectivity index (χ1n) is 7.43. The van der Waals surface area contributed by atoms with Gasteiger partial charge < -0.3 is 4.74 Å². The van der Waals surface area contributed by atoms with Crippen molar-refractivity contribution in [2.24, 2.45) is 0 Å². The molecule has 0 heterocycles. The molecule has 0 radical (unpaired) electrons. The predicted molar refractivity (Wildman–Crippen MR) is 97.5 cm³/mol. The van der Waals surface area contributed by atoms with Gasteiger partial charge in [0.2, 0.25) is 0 Å². The van der Waals surface area contributed by atoms with Crippen LogP contribution in [0, 0.1) is 20.2 Å². The number of methoxy groups -OCH3 is 1. The van der Waals surface area contributed by atoms with Crippen LogP contribution in [0.5, 0.6) is 5.75 Å². The monoisotopic (exact) mass is 393 g/mol. The number of hydrogen-bond donors (Lipinski definition) is 0. The number of hydrogen-bond acceptors (Lipinski definition) is 7. The largest absolute Gasteiger partial charge is 0.495 e. The minimum Gasteiger partial charge on any atom is -0.495 e. The number of non-ortho nitro benzene ring substituents is 2. The fourth-order valence-electron chi connectivity index (χ4n) is 2.31. The molecule has 0 aliphatic carbocycles. The summed E-state index contributed by atoms with van der Waals surface area (Å²) in [6.07, 6.45) is 1.28. The third kappa shape index (κ3) is 4.03. The Hall–Kier alpha value is -3.47. The maximum absolute atomic E-state index is 13.1. The molecule has 2 rings (SSSR count). The zero-order valence-corrected chi connectivity index (χ0v) is 15.0. The van der Waals surface area contributed by atoms with Gasteiger partial charge in [-0.1, -0.05) is 12.1 Å². The highest BCUT2D eigenvalue weighted by molar-refractivity contribution is 7.92. The van der Waals surface area contributed by atoms with Gasteiger partial charge >= 0.3 is 0 Å². The molecule has 11 heteroatoms. The molecule has 2 aromatic carbocycles. The number of nitro benzene ring substituents is 2. The SMILES string of the molecule is C=CCN(c1cc([N+](=O)[O-])ccc1OC)S(=O)(=O)c1cccc([N+](=O)[O-])c1. The van der Waals surface area contributed by atoms with Gasteiger partial charge in [0.05, 0.1) is 28.4 Å². The van der Waals surface area contributed by atoms with Crippen molar-refractivity contribution in [1.82, 2.24) is 0 Å². The summed E-state index contributed by atoms with van der Waals surface area (Å²) < 4.78 is 32.1. The highest BCUT2D eigenvalue weighted by Crippen LogP contribution is 2.36. The van der Waals surface area contributed by atoms with E-state index in [4.69, 9.17) is 4.74 Å². The third-order valence-electron chi connectivity index (χ3n) is 3.55. The molecule has 0 aliphatic heterocycles. The van der Waals surface area contributed by atoms with Crippen molar-refractivity contribution in [2.75, 3.05) is 18.0 Å². The zero-order chi connectivity index (χ0) is 20.2. The first kappa shape index (κ1) is 19.8. The lowest BCUT2D eigenvalue weighted by atomic mass is 10.2. The van der Waals surface area contributed by atoms with E-state index in [0.29, 0.717) is 0 Å². The van der Waals surface area contributed by atoms with E-state index in [1.165, 1.54) is 37.5 Å². The van der Waals surface area contributed by atoms with E-state index in [1.54, 1.807) is 0 Å². The van der Waals surface area contributed by atoms with Gasteiger partial charge in [-0.15, -0.1) is 6.58 Å². The summed E-state index contributed by atoms with van der Waals surface area (Å²) in [7, 11) is -3.00. The van der Waals surface area contributed by atoms with Gasteiger partial charge in [0, 0.05) is 24.3 Å². The number of anilines is 1. The molecule has 0 bridgehead atoms. The number of rotatable bonds is 8. The zero-order valence-electron chi connectivity index (χ0n) is 14.1. The molecule has 142 valence electrons. The van der Waals surface area contributed by atoms with E-state index in [1.807, 2.05) is 0 Å². The van der Waals surface area contributed by atoms with Crippen molar-refractivity contribution in [3.63, 3.8) is 0 Å². The lowest BCUT2D eigenvalue weighted by molar-refractivity contribution is -0.385. The number of benzene rings is 2. The first-order chi connectivity index (χ1) is 12.7. The Bertz CT molecular complexity index is 1000. The van der Waals surface area contributed by atoms with Crippen molar-refractivity contribution in [3.8, 4) is 5.75 Å². The Morgan fingerprint density at radius 3 is 2.30 bits per heavy atom. The summed E-state index contributed by atoms with van der Waals surface area (Å²) in [5, 5.41) is 22.0. The van der Waals surface area contributed by atoms with Crippen molar-refractivity contribution >= 4 is 27.1 Å². The Morgan fingerprint density at radius 1 is 1.11 bits per heavy atom. The average molecular weight is 393 g/mol. The molecule has 0 fully saturated rings. The van der Waals surface area contributed by atoms with E-state index >= 15 is 0 Å². The lowest BCUT2D eigenvalue weighted by Gasteiger charge is -2.24. The molecule has 0 amide bonds. The summed E-state index contributed by atoms with van der Waals surface area (Å²) in [6, 6.07) is 8.00. The van der Waals surface area contributed by atoms with Crippen LogP contribution < -0.4 is 9.04 Å². The van der Waals surface area contributed by atoms with Crippen LogP contribution in [0.2, 0.25) is 0 Å². The van der Waals surface area contributed by atoms with Crippen LogP contribution >= 0.6 is 0 Å². The van der Waals surface area contributed by atoms with Crippen LogP contribution in [0.1, 0.15) is 0 Å². The fourth-order valence-corrected chi connectivity index (χ4v) is 3.79. The van der Waals surface area contributed by atoms with Crippen LogP contribution in [0.25, 0.3) is 0 Å². The summed E-state index contributed by atoms with van der Waals surface area (Å²) in [6.45, 7) is 3.27. The molecule has 0 saturated heterocycles. The second kappa shape index (κ2) is 7.83. The minimum atomic E-state index is -4.29. The molecule has 0 spiro atoms. The summed E-state index contributed by atoms with van der Waals surface area (Å²) in [5.74, 6) is 0.0801. The molecular formula is C16H15N3O7S. The Kier molecular flexibility index (Phi) is 5.75. The molecule has 27 heavy (non-hydrogen) atoms. The van der Waals surface area contributed by atoms with Gasteiger partial charge in [-0.05, 0) is 12.1 Å². The van der Waals surface area contributed by atoms with Gasteiger partial charge in [-0.2, -0.15) is 0 Å². The van der Waals surface area contributed by atoms with E-state index in [0.717, 1.165) is 22.5 Å². The van der Waals surface area contributed by atoms with Crippen LogP contribution in [0.15, 0.2) is 60.0 Å². The molecule has 0 unspecified atom stereocenters. The summed E-state index contributed by atoms with van der Waals surface area (Å²) in [5.41, 5.74) is -0.826. The Labute approximate surface area is 154 Å². The van der Waals surface area contributed by atoms with Gasteiger partial charge in [0.25, 0.3) is 21.4 Å². The number of sulfonamides is 1. The summed E-state index contributed by atoms with van der Waals surface area (Å²) in [4.78, 5) is 20.3. The van der Waals surface area contributed by atoms with Crippen molar-refractivity contribution in [3.05, 3.63) is 75.3 Å². The lowest BCUT2D eigenvalue weighted by Crippen LogP contribution is -2.31. The molecule has 0 N–H and O–H groups in total. The van der Waals surface area contributed by atoms with Crippen LogP contribution in [0.4, 0.5) is 17.1 Å². The van der Waals surface area contributed by atoms with E-state index in [2.05, 4.69) is 6.58 Å². The van der Waals surface area contributed by atoms with E-state index in [-0.39, 0.29) is 28.6 Å². The van der Waals surface area contributed by atoms with Gasteiger partial charge in [-0.3, -0.25) is 24.5 Å². The maximum Gasteiger partial charge on any atom is 0.271 e. The molecule has 0 aliphatic rings. The standard InChI is InChI=1S/C16H15N3O7S/c1-3-9-17(15-11-13(19(22)23)7-8-16(15)26-2)27(24,25)14-6-4-5-12(10-14)18(20)21/h3-8,10-11H,1,9H2,2H3. The highest BCUT2D eigenvalue weighted by atomic mass is 32.2. The average Bonchev–Trinajstić information content (AvgIpc) is 2.65. The Morgan fingerprint density at radius 2 is 1.74 bits per heavy atom. The van der Waals surface area contributed by atoms with Crippen LogP contribution in [0.3, 0.4) is 0 Å². The highest BCUT2D eigenvalue weighted by Gasteiger charge is 2.29. The first-order valence-corrected chi connectivity index (χ1v) is 8.87. The van der Waals surface area contributed by atoms with E-state index in [9.17, 15) is 28.6 Å². The second-order valence-corrected chi connectivity index (χ2v) is 7.05. The number of ether oxygens (including phenoxy) is 1. The summed E-state index contributed by atoms with van der Waals surface area (Å²) >= 11 is 0. The van der Waals surface area contributed by atoms with Crippen LogP contribution in [-0.2, 0) is 10.0 Å². The predicted octanol–water partition coefficient (Wildman–Crippen LogP) is 2.89. The van der Waals surface area contributed by atoms with Gasteiger partial charge in [-0.25, -0.2) is 8.42 Å². The third-order valence-corrected chi connectivity index (χ3v) is 5.33. The smallest absolute Gasteiger partial charge is 0.271 e. The minimum absolute atomic E-state index is 0.0801. The number of nitrogens with zero attached hydrogens (tertiary/aromatic N) is 3. The molecule has 2 aromatic rings. The van der Waals surface area contributed by atoms with Crippen molar-refractivity contribution in [1.29, 1.82) is 0 Å². The second-order valence-electron chi connectivity index (χ2n) is 5.19. The molecule has 10 nitrogen and oxygen atoms in total. The van der Waals surface area contributed by atoms with Gasteiger partial charge in [0.15, 0.2) is 0 Å². The van der Waals surface area contributed by atoms with Crippen molar-refractivity contribution < 1.29 is 23.0 Å². The Balaban J connectivity index is 2.68. The van der Waals surface area contributed by atoms with Crippen LogP contribution in [-0.4, -0.2) is 31.9 Å². The normalized spacial score (nSPS) is 10.9. The maximum atomic E-state index is 13.1. The van der Waals surface area contributed by atoms with Crippen molar-refractivity contribution in [2.45, 2.75) is 4.90 Å². The number of nitro groups is 2. The molecule has 0 atom stereocenters. The van der Waals surface area contributed by atoms with Gasteiger partial charge in [0.1, 0.15) is 11.4 Å². The molecule has 0 saturated carbocycles. The fraction of sp³-hybridized carbons (Fsp3) is 0.125.